The van der Waals surface area contributed by atoms with Crippen molar-refractivity contribution in [2.24, 2.45) is 0 Å². The Morgan fingerprint density at radius 1 is 1.28 bits per heavy atom. The van der Waals surface area contributed by atoms with Crippen LogP contribution >= 0.6 is 0 Å². The van der Waals surface area contributed by atoms with Gasteiger partial charge >= 0.3 is 0 Å². The van der Waals surface area contributed by atoms with Crippen molar-refractivity contribution in [1.82, 2.24) is 35.1 Å². The second-order valence-corrected chi connectivity index (χ2v) is 4.93. The third kappa shape index (κ3) is 1.71. The molecule has 0 spiro atoms. The molecule has 0 atom stereocenters. The Bertz CT molecular complexity index is 549. The van der Waals surface area contributed by atoms with Crippen LogP contribution < -0.4 is 5.32 Å². The molecule has 1 N–H and O–H groups in total. The minimum atomic E-state index is 0.311. The molecule has 18 heavy (non-hydrogen) atoms. The van der Waals surface area contributed by atoms with Crippen LogP contribution in [0.25, 0.3) is 11.5 Å². The molecule has 0 amide bonds. The number of hydrogen-bond donors (Lipinski definition) is 1. The van der Waals surface area contributed by atoms with Crippen LogP contribution in [0.3, 0.4) is 0 Å². The summed E-state index contributed by atoms with van der Waals surface area (Å²) in [6.07, 6.45) is 1.95. The highest BCUT2D eigenvalue weighted by molar-refractivity contribution is 5.47. The fourth-order valence-corrected chi connectivity index (χ4v) is 2.18. The van der Waals surface area contributed by atoms with Gasteiger partial charge in [-0.2, -0.15) is 0 Å². The maximum Gasteiger partial charge on any atom is 0.186 e. The molecular formula is C11H17N7. The van der Waals surface area contributed by atoms with Gasteiger partial charge in [-0.1, -0.05) is 5.21 Å². The first kappa shape index (κ1) is 11.3. The number of nitrogens with zero attached hydrogens (tertiary/aromatic N) is 6. The first-order chi connectivity index (χ1) is 8.66. The second kappa shape index (κ2) is 4.16. The maximum absolute atomic E-state index is 4.21. The van der Waals surface area contributed by atoms with E-state index in [-0.39, 0.29) is 0 Å². The fraction of sp³-hybridized carbons (Fsp3) is 0.636. The van der Waals surface area contributed by atoms with E-state index in [1.165, 1.54) is 0 Å². The van der Waals surface area contributed by atoms with E-state index in [9.17, 15) is 0 Å². The van der Waals surface area contributed by atoms with Crippen LogP contribution in [0.15, 0.2) is 6.20 Å². The molecule has 96 valence electrons. The smallest absolute Gasteiger partial charge is 0.186 e. The fourth-order valence-electron chi connectivity index (χ4n) is 2.18. The van der Waals surface area contributed by atoms with Gasteiger partial charge in [0.25, 0.3) is 0 Å². The van der Waals surface area contributed by atoms with E-state index >= 15 is 0 Å². The third-order valence-electron chi connectivity index (χ3n) is 3.26. The van der Waals surface area contributed by atoms with Gasteiger partial charge in [-0.15, -0.1) is 15.3 Å². The van der Waals surface area contributed by atoms with Crippen molar-refractivity contribution in [2.45, 2.75) is 32.9 Å². The van der Waals surface area contributed by atoms with E-state index in [1.54, 1.807) is 0 Å². The van der Waals surface area contributed by atoms with E-state index in [1.807, 2.05) is 17.8 Å². The molecule has 0 aromatic carbocycles. The van der Waals surface area contributed by atoms with Gasteiger partial charge in [0, 0.05) is 19.1 Å². The number of nitrogens with one attached hydrogen (secondary N) is 1. The first-order valence-corrected chi connectivity index (χ1v) is 6.21. The summed E-state index contributed by atoms with van der Waals surface area (Å²) >= 11 is 0. The van der Waals surface area contributed by atoms with E-state index in [4.69, 9.17) is 0 Å². The van der Waals surface area contributed by atoms with Crippen molar-refractivity contribution in [3.05, 3.63) is 12.0 Å². The lowest BCUT2D eigenvalue weighted by Crippen LogP contribution is -2.43. The van der Waals surface area contributed by atoms with E-state index in [2.05, 4.69) is 44.2 Å². The first-order valence-electron chi connectivity index (χ1n) is 6.21. The predicted octanol–water partition coefficient (Wildman–Crippen LogP) is 0.570. The summed E-state index contributed by atoms with van der Waals surface area (Å²) < 4.78 is 3.98. The van der Waals surface area contributed by atoms with Crippen LogP contribution in [0.5, 0.6) is 0 Å². The zero-order valence-electron chi connectivity index (χ0n) is 10.8. The molecule has 7 nitrogen and oxygen atoms in total. The molecule has 1 aliphatic heterocycles. The average Bonchev–Trinajstić information content (AvgIpc) is 2.81. The van der Waals surface area contributed by atoms with Crippen molar-refractivity contribution >= 4 is 0 Å². The normalized spacial score (nSPS) is 16.2. The van der Waals surface area contributed by atoms with Crippen molar-refractivity contribution in [2.75, 3.05) is 13.1 Å². The molecule has 0 saturated carbocycles. The zero-order valence-corrected chi connectivity index (χ0v) is 10.8. The lowest BCUT2D eigenvalue weighted by molar-refractivity contribution is 0.313. The SMILES string of the molecule is Cc1nnc(-c2cn(C3CNC3)nn2)n1C(C)C. The molecule has 0 bridgehead atoms. The number of aromatic nitrogens is 6. The lowest BCUT2D eigenvalue weighted by atomic mass is 10.2. The lowest BCUT2D eigenvalue weighted by Gasteiger charge is -2.26. The van der Waals surface area contributed by atoms with Crippen molar-refractivity contribution < 1.29 is 0 Å². The molecule has 1 fully saturated rings. The molecular weight excluding hydrogens is 230 g/mol. The summed E-state index contributed by atoms with van der Waals surface area (Å²) in [4.78, 5) is 0. The van der Waals surface area contributed by atoms with Gasteiger partial charge in [-0.05, 0) is 20.8 Å². The van der Waals surface area contributed by atoms with E-state index < -0.39 is 0 Å². The summed E-state index contributed by atoms with van der Waals surface area (Å²) in [5, 5.41) is 19.9. The number of hydrogen-bond acceptors (Lipinski definition) is 5. The second-order valence-electron chi connectivity index (χ2n) is 4.93. The average molecular weight is 247 g/mol. The van der Waals surface area contributed by atoms with Crippen molar-refractivity contribution in [3.8, 4) is 11.5 Å². The van der Waals surface area contributed by atoms with Crippen LogP contribution in [0, 0.1) is 6.92 Å². The highest BCUT2D eigenvalue weighted by atomic mass is 15.5. The Kier molecular flexibility index (Phi) is 2.62. The molecule has 1 aliphatic rings. The summed E-state index contributed by atoms with van der Waals surface area (Å²) in [7, 11) is 0. The van der Waals surface area contributed by atoms with Gasteiger partial charge in [0.15, 0.2) is 11.5 Å². The molecule has 0 radical (unpaired) electrons. The minimum Gasteiger partial charge on any atom is -0.312 e. The minimum absolute atomic E-state index is 0.311. The van der Waals surface area contributed by atoms with Gasteiger partial charge in [-0.25, -0.2) is 4.68 Å². The van der Waals surface area contributed by atoms with Crippen molar-refractivity contribution in [1.29, 1.82) is 0 Å². The monoisotopic (exact) mass is 247 g/mol. The molecule has 7 heteroatoms. The van der Waals surface area contributed by atoms with Crippen molar-refractivity contribution in [3.63, 3.8) is 0 Å². The standard InChI is InChI=1S/C11H17N7/c1-7(2)18-8(3)13-15-11(18)10-6-17(16-14-10)9-4-12-5-9/h6-7,9,12H,4-5H2,1-3H3. The molecule has 3 rings (SSSR count). The van der Waals surface area contributed by atoms with Gasteiger partial charge in [0.1, 0.15) is 5.82 Å². The zero-order chi connectivity index (χ0) is 12.7. The van der Waals surface area contributed by atoms with Crippen LogP contribution in [0.4, 0.5) is 0 Å². The Morgan fingerprint density at radius 2 is 2.06 bits per heavy atom. The van der Waals surface area contributed by atoms with Gasteiger partial charge in [0.05, 0.1) is 12.2 Å². The Labute approximate surface area is 105 Å². The molecule has 0 aliphatic carbocycles. The Hall–Kier alpha value is -1.76. The molecule has 2 aromatic rings. The molecule has 3 heterocycles. The number of aryl methyl sites for hydroxylation is 1. The van der Waals surface area contributed by atoms with Crippen LogP contribution in [-0.4, -0.2) is 42.8 Å². The highest BCUT2D eigenvalue weighted by Gasteiger charge is 2.22. The molecule has 0 unspecified atom stereocenters. The van der Waals surface area contributed by atoms with E-state index in [0.29, 0.717) is 12.1 Å². The summed E-state index contributed by atoms with van der Waals surface area (Å²) in [6, 6.07) is 0.730. The highest BCUT2D eigenvalue weighted by Crippen LogP contribution is 2.21. The largest absolute Gasteiger partial charge is 0.312 e. The quantitative estimate of drug-likeness (QED) is 0.858. The predicted molar refractivity (Wildman–Crippen MR) is 66.1 cm³/mol. The van der Waals surface area contributed by atoms with Crippen LogP contribution in [0.1, 0.15) is 31.8 Å². The maximum atomic E-state index is 4.21. The van der Waals surface area contributed by atoms with E-state index in [0.717, 1.165) is 30.4 Å². The topological polar surface area (TPSA) is 73.5 Å². The Morgan fingerprint density at radius 3 is 2.67 bits per heavy atom. The Balaban J connectivity index is 1.96. The van der Waals surface area contributed by atoms with Crippen LogP contribution in [0.2, 0.25) is 0 Å². The van der Waals surface area contributed by atoms with Gasteiger partial charge in [-0.3, -0.25) is 0 Å². The van der Waals surface area contributed by atoms with Gasteiger partial charge in [0.2, 0.25) is 0 Å². The van der Waals surface area contributed by atoms with Gasteiger partial charge < -0.3 is 9.88 Å². The number of rotatable bonds is 3. The summed E-state index contributed by atoms with van der Waals surface area (Å²) in [5.74, 6) is 1.70. The summed E-state index contributed by atoms with van der Waals surface area (Å²) in [5.41, 5.74) is 0.788. The third-order valence-corrected chi connectivity index (χ3v) is 3.26. The molecule has 2 aromatic heterocycles. The summed E-state index contributed by atoms with van der Waals surface area (Å²) in [6.45, 7) is 8.09. The van der Waals surface area contributed by atoms with Crippen LogP contribution in [-0.2, 0) is 0 Å². The molecule has 1 saturated heterocycles.